The van der Waals surface area contributed by atoms with Crippen LogP contribution < -0.4 is 10.6 Å². The first kappa shape index (κ1) is 24.6. The van der Waals surface area contributed by atoms with Gasteiger partial charge in [-0.3, -0.25) is 4.98 Å². The molecule has 1 aliphatic heterocycles. The molecule has 3 heterocycles. The fourth-order valence-corrected chi connectivity index (χ4v) is 3.96. The van der Waals surface area contributed by atoms with Crippen LogP contribution in [0.5, 0.6) is 0 Å². The molecule has 0 spiro atoms. The Kier molecular flexibility index (Phi) is 6.50. The monoisotopic (exact) mass is 461 g/mol. The van der Waals surface area contributed by atoms with Crippen LogP contribution in [0.1, 0.15) is 54.9 Å². The molecular formula is C23H35N5O5. The molecule has 0 saturated carbocycles. The molecule has 0 radical (unpaired) electrons. The van der Waals surface area contributed by atoms with E-state index in [9.17, 15) is 14.4 Å². The number of H-pyrrole nitrogens is 1. The van der Waals surface area contributed by atoms with E-state index in [0.717, 1.165) is 6.42 Å². The molecule has 1 N–H and O–H groups in total. The van der Waals surface area contributed by atoms with Crippen molar-refractivity contribution in [3.8, 4) is 0 Å². The zero-order valence-electron chi connectivity index (χ0n) is 20.8. The maximum Gasteiger partial charge on any atom is 0.420 e. The fourth-order valence-electron chi connectivity index (χ4n) is 3.96. The van der Waals surface area contributed by atoms with Gasteiger partial charge in [-0.25, -0.2) is 19.0 Å². The van der Waals surface area contributed by atoms with Crippen molar-refractivity contribution in [2.75, 3.05) is 25.0 Å². The summed E-state index contributed by atoms with van der Waals surface area (Å²) in [4.78, 5) is 48.2. The minimum atomic E-state index is -0.677. The maximum absolute atomic E-state index is 12.6. The van der Waals surface area contributed by atoms with Crippen LogP contribution in [0.2, 0.25) is 0 Å². The minimum Gasteiger partial charge on any atom is -0.444 e. The van der Waals surface area contributed by atoms with Gasteiger partial charge in [-0.05, 0) is 59.9 Å². The average molecular weight is 462 g/mol. The molecule has 1 saturated heterocycles. The minimum absolute atomic E-state index is 0.0892. The second-order valence-corrected chi connectivity index (χ2v) is 10.7. The number of nitrogens with zero attached hydrogens (tertiary/aromatic N) is 4. The van der Waals surface area contributed by atoms with E-state index in [1.165, 1.54) is 4.57 Å². The number of likely N-dealkylation sites (tertiary alicyclic amines) is 1. The van der Waals surface area contributed by atoms with Crippen molar-refractivity contribution in [1.82, 2.24) is 19.4 Å². The summed E-state index contributed by atoms with van der Waals surface area (Å²) in [5, 5.41) is 0.615. The second-order valence-electron chi connectivity index (χ2n) is 10.7. The van der Waals surface area contributed by atoms with Gasteiger partial charge in [0.15, 0.2) is 0 Å². The van der Waals surface area contributed by atoms with Crippen molar-refractivity contribution in [1.29, 1.82) is 0 Å². The molecule has 33 heavy (non-hydrogen) atoms. The third kappa shape index (κ3) is 5.66. The first-order valence-corrected chi connectivity index (χ1v) is 11.2. The lowest BCUT2D eigenvalue weighted by atomic mass is 9.92. The molecule has 2 unspecified atom stereocenters. The Bertz CT molecular complexity index is 1090. The molecular weight excluding hydrogens is 426 g/mol. The van der Waals surface area contributed by atoms with Gasteiger partial charge in [0.2, 0.25) is 0 Å². The molecule has 182 valence electrons. The van der Waals surface area contributed by atoms with Gasteiger partial charge in [0.05, 0.1) is 11.4 Å². The normalized spacial score (nSPS) is 19.5. The lowest BCUT2D eigenvalue weighted by Gasteiger charge is -2.42. The predicted octanol–water partition coefficient (Wildman–Crippen LogP) is 3.59. The Morgan fingerprint density at radius 3 is 2.33 bits per heavy atom. The Balaban J connectivity index is 1.92. The van der Waals surface area contributed by atoms with Crippen molar-refractivity contribution in [2.45, 2.75) is 72.1 Å². The fraction of sp³-hybridized carbons (Fsp3) is 0.652. The zero-order chi connectivity index (χ0) is 24.7. The highest BCUT2D eigenvalue weighted by molar-refractivity contribution is 5.93. The van der Waals surface area contributed by atoms with Crippen molar-refractivity contribution < 1.29 is 19.1 Å². The molecule has 1 amide bonds. The van der Waals surface area contributed by atoms with Crippen LogP contribution in [-0.4, -0.2) is 69.0 Å². The highest BCUT2D eigenvalue weighted by Crippen LogP contribution is 2.29. The van der Waals surface area contributed by atoms with Crippen molar-refractivity contribution >= 4 is 29.0 Å². The van der Waals surface area contributed by atoms with E-state index in [4.69, 9.17) is 9.47 Å². The standard InChI is InChI=1S/C23H35N5O5/c1-14-9-11-27(20(30)32-22(2,3)4)13-16(14)26(8)17-15-10-12-28(18(15)25-19(29)24-17)21(31)33-23(5,6)7/h10,12,14,16H,9,11,13H2,1-8H3,(H,24,25,29). The number of aromatic amines is 1. The van der Waals surface area contributed by atoms with Gasteiger partial charge in [0.1, 0.15) is 22.7 Å². The summed E-state index contributed by atoms with van der Waals surface area (Å²) in [5.74, 6) is 0.691. The Morgan fingerprint density at radius 1 is 1.12 bits per heavy atom. The summed E-state index contributed by atoms with van der Waals surface area (Å²) >= 11 is 0. The van der Waals surface area contributed by atoms with Crippen molar-refractivity contribution in [3.05, 3.63) is 22.7 Å². The van der Waals surface area contributed by atoms with Crippen LogP contribution in [0.25, 0.3) is 11.0 Å². The number of rotatable bonds is 2. The van der Waals surface area contributed by atoms with Gasteiger partial charge in [-0.2, -0.15) is 4.98 Å². The average Bonchev–Trinajstić information content (AvgIpc) is 3.08. The Hall–Kier alpha value is -3.04. The number of likely N-dealkylation sites (N-methyl/N-ethyl adjacent to an activating group) is 1. The van der Waals surface area contributed by atoms with Crippen LogP contribution >= 0.6 is 0 Å². The predicted molar refractivity (Wildman–Crippen MR) is 126 cm³/mol. The molecule has 3 rings (SSSR count). The third-order valence-corrected chi connectivity index (χ3v) is 5.55. The topological polar surface area (TPSA) is 110 Å². The number of piperidine rings is 1. The number of anilines is 1. The zero-order valence-corrected chi connectivity index (χ0v) is 20.8. The number of fused-ring (bicyclic) bond motifs is 1. The lowest BCUT2D eigenvalue weighted by Crippen LogP contribution is -2.53. The van der Waals surface area contributed by atoms with E-state index in [1.807, 2.05) is 32.7 Å². The number of ether oxygens (including phenoxy) is 2. The van der Waals surface area contributed by atoms with E-state index in [-0.39, 0.29) is 18.1 Å². The summed E-state index contributed by atoms with van der Waals surface area (Å²) in [5.41, 5.74) is -1.51. The third-order valence-electron chi connectivity index (χ3n) is 5.55. The Labute approximate surface area is 193 Å². The molecule has 10 heteroatoms. The number of nitrogens with one attached hydrogen (secondary N) is 1. The van der Waals surface area contributed by atoms with Gasteiger partial charge in [0, 0.05) is 26.3 Å². The van der Waals surface area contributed by atoms with E-state index in [2.05, 4.69) is 16.9 Å². The smallest absolute Gasteiger partial charge is 0.420 e. The number of aromatic nitrogens is 3. The molecule has 0 bridgehead atoms. The van der Waals surface area contributed by atoms with E-state index in [1.54, 1.807) is 37.9 Å². The van der Waals surface area contributed by atoms with Gasteiger partial charge in [-0.1, -0.05) is 6.92 Å². The molecule has 1 fully saturated rings. The quantitative estimate of drug-likeness (QED) is 0.728. The molecule has 2 atom stereocenters. The van der Waals surface area contributed by atoms with E-state index >= 15 is 0 Å². The van der Waals surface area contributed by atoms with Gasteiger partial charge < -0.3 is 19.3 Å². The van der Waals surface area contributed by atoms with Crippen LogP contribution in [0.4, 0.5) is 15.4 Å². The summed E-state index contributed by atoms with van der Waals surface area (Å²) < 4.78 is 12.3. The highest BCUT2D eigenvalue weighted by Gasteiger charge is 2.35. The van der Waals surface area contributed by atoms with Crippen LogP contribution in [0.15, 0.2) is 17.1 Å². The SMILES string of the molecule is CC1CCN(C(=O)OC(C)(C)C)CC1N(C)c1nc(=O)[nH]c2c1ccn2C(=O)OC(C)(C)C. The molecule has 10 nitrogen and oxygen atoms in total. The van der Waals surface area contributed by atoms with Crippen LogP contribution in [0.3, 0.4) is 0 Å². The van der Waals surface area contributed by atoms with Crippen molar-refractivity contribution in [2.24, 2.45) is 5.92 Å². The van der Waals surface area contributed by atoms with Gasteiger partial charge >= 0.3 is 17.9 Å². The first-order valence-electron chi connectivity index (χ1n) is 11.2. The summed E-state index contributed by atoms with van der Waals surface area (Å²) in [6.45, 7) is 14.0. The van der Waals surface area contributed by atoms with E-state index in [0.29, 0.717) is 29.9 Å². The van der Waals surface area contributed by atoms with Crippen molar-refractivity contribution in [3.63, 3.8) is 0 Å². The number of carbonyl (C=O) groups excluding carboxylic acids is 2. The molecule has 2 aromatic heterocycles. The summed E-state index contributed by atoms with van der Waals surface area (Å²) in [6, 6.07) is 1.64. The number of hydrogen-bond donors (Lipinski definition) is 1. The largest absolute Gasteiger partial charge is 0.444 e. The molecule has 0 aromatic carbocycles. The van der Waals surface area contributed by atoms with Gasteiger partial charge in [0.25, 0.3) is 0 Å². The van der Waals surface area contributed by atoms with Crippen LogP contribution in [0, 0.1) is 5.92 Å². The highest BCUT2D eigenvalue weighted by atomic mass is 16.6. The number of amides is 1. The maximum atomic E-state index is 12.6. The van der Waals surface area contributed by atoms with Gasteiger partial charge in [-0.15, -0.1) is 0 Å². The van der Waals surface area contributed by atoms with Crippen LogP contribution in [-0.2, 0) is 9.47 Å². The van der Waals surface area contributed by atoms with E-state index < -0.39 is 23.0 Å². The first-order chi connectivity index (χ1) is 15.2. The molecule has 2 aromatic rings. The number of hydrogen-bond acceptors (Lipinski definition) is 7. The molecule has 0 aliphatic carbocycles. The Morgan fingerprint density at radius 2 is 1.73 bits per heavy atom. The molecule has 1 aliphatic rings. The second kappa shape index (κ2) is 8.72. The summed E-state index contributed by atoms with van der Waals surface area (Å²) in [7, 11) is 1.85. The number of carbonyl (C=O) groups is 2. The lowest BCUT2D eigenvalue weighted by molar-refractivity contribution is 0.0165. The summed E-state index contributed by atoms with van der Waals surface area (Å²) in [6.07, 6.45) is 1.41.